The van der Waals surface area contributed by atoms with Crippen LogP contribution in [0.1, 0.15) is 38.8 Å². The number of rotatable bonds is 12. The first-order valence-corrected chi connectivity index (χ1v) is 16.5. The highest BCUT2D eigenvalue weighted by Crippen LogP contribution is 2.53. The van der Waals surface area contributed by atoms with E-state index in [1.54, 1.807) is 22.7 Å². The van der Waals surface area contributed by atoms with Gasteiger partial charge in [-0.05, 0) is 51.0 Å². The zero-order valence-electron chi connectivity index (χ0n) is 19.9. The highest BCUT2D eigenvalue weighted by molar-refractivity contribution is 7.53. The molecule has 6 nitrogen and oxygen atoms in total. The molecule has 0 aliphatic carbocycles. The molecular formula is C24H30O6P2S2. The molecule has 0 saturated heterocycles. The summed E-state index contributed by atoms with van der Waals surface area (Å²) < 4.78 is 52.5. The van der Waals surface area contributed by atoms with Gasteiger partial charge in [0, 0.05) is 20.2 Å². The minimum atomic E-state index is -3.15. The molecule has 2 aromatic carbocycles. The number of thiophene rings is 2. The fourth-order valence-corrected chi connectivity index (χ4v) is 10.2. The van der Waals surface area contributed by atoms with Gasteiger partial charge in [0.25, 0.3) is 0 Å². The van der Waals surface area contributed by atoms with E-state index >= 15 is 0 Å². The molecule has 0 amide bonds. The Morgan fingerprint density at radius 1 is 0.618 bits per heavy atom. The normalized spacial score (nSPS) is 12.9. The monoisotopic (exact) mass is 540 g/mol. The molecule has 0 fully saturated rings. The van der Waals surface area contributed by atoms with E-state index in [4.69, 9.17) is 18.1 Å². The maximum atomic E-state index is 13.0. The topological polar surface area (TPSA) is 71.1 Å². The minimum Gasteiger partial charge on any atom is -0.309 e. The maximum Gasteiger partial charge on any atom is 0.335 e. The minimum absolute atomic E-state index is 0.264. The average molecular weight is 541 g/mol. The summed E-state index contributed by atoms with van der Waals surface area (Å²) in [5, 5.41) is 2.37. The smallest absolute Gasteiger partial charge is 0.309 e. The second kappa shape index (κ2) is 10.9. The van der Waals surface area contributed by atoms with E-state index < -0.39 is 15.2 Å². The van der Waals surface area contributed by atoms with Gasteiger partial charge in [0.2, 0.25) is 0 Å². The van der Waals surface area contributed by atoms with Crippen LogP contribution in [0.15, 0.2) is 36.4 Å². The molecule has 0 unspecified atom stereocenters. The molecule has 2 heterocycles. The Kier molecular flexibility index (Phi) is 8.33. The lowest BCUT2D eigenvalue weighted by Crippen LogP contribution is -1.98. The van der Waals surface area contributed by atoms with Crippen molar-refractivity contribution in [1.82, 2.24) is 0 Å². The summed E-state index contributed by atoms with van der Waals surface area (Å²) in [6, 6.07) is 12.4. The summed E-state index contributed by atoms with van der Waals surface area (Å²) in [4.78, 5) is 0. The zero-order valence-corrected chi connectivity index (χ0v) is 23.3. The number of fused-ring (bicyclic) bond motifs is 5. The van der Waals surface area contributed by atoms with E-state index in [9.17, 15) is 9.13 Å². The standard InChI is InChI=1S/C24H30O6P2S2/c1-5-27-31(25,28-6-2)15-17-9-11-19-21(13-17)33-24-20-12-10-18(14-22(20)34-23(19)24)16-32(26,29-7-3)30-8-4/h9-14H,5-8,15-16H2,1-4H3. The molecule has 2 aromatic heterocycles. The van der Waals surface area contributed by atoms with E-state index in [-0.39, 0.29) is 12.3 Å². The van der Waals surface area contributed by atoms with Gasteiger partial charge in [0.1, 0.15) is 0 Å². The van der Waals surface area contributed by atoms with Gasteiger partial charge in [-0.15, -0.1) is 22.7 Å². The van der Waals surface area contributed by atoms with E-state index in [1.807, 2.05) is 39.8 Å². The van der Waals surface area contributed by atoms with Crippen molar-refractivity contribution in [2.45, 2.75) is 40.0 Å². The summed E-state index contributed by atoms with van der Waals surface area (Å²) in [5.74, 6) is 0. The lowest BCUT2D eigenvalue weighted by molar-refractivity contribution is 0.218. The number of benzene rings is 2. The fourth-order valence-electron chi connectivity index (χ4n) is 4.03. The van der Waals surface area contributed by atoms with E-state index in [1.165, 1.54) is 20.2 Å². The molecule has 10 heteroatoms. The second-order valence-corrected chi connectivity index (χ2v) is 13.9. The SMILES string of the molecule is CCOP(=O)(Cc1ccc2c(c1)sc1c3ccc(CP(=O)(OCC)OCC)cc3sc21)OCC. The molecule has 0 aliphatic heterocycles. The van der Waals surface area contributed by atoms with Crippen LogP contribution in [0.2, 0.25) is 0 Å². The first-order chi connectivity index (χ1) is 16.3. The fraction of sp³-hybridized carbons (Fsp3) is 0.417. The molecular weight excluding hydrogens is 510 g/mol. The van der Waals surface area contributed by atoms with Gasteiger partial charge < -0.3 is 18.1 Å². The third kappa shape index (κ3) is 5.50. The van der Waals surface area contributed by atoms with Gasteiger partial charge in [-0.1, -0.05) is 24.3 Å². The molecule has 0 aliphatic rings. The Bertz CT molecular complexity index is 1270. The van der Waals surface area contributed by atoms with Crippen molar-refractivity contribution in [2.75, 3.05) is 26.4 Å². The third-order valence-electron chi connectivity index (χ3n) is 5.27. The highest BCUT2D eigenvalue weighted by atomic mass is 32.1. The highest BCUT2D eigenvalue weighted by Gasteiger charge is 2.26. The molecule has 0 atom stereocenters. The lowest BCUT2D eigenvalue weighted by Gasteiger charge is -2.17. The summed E-state index contributed by atoms with van der Waals surface area (Å²) in [7, 11) is -6.30. The van der Waals surface area contributed by atoms with Gasteiger partial charge in [0.05, 0.1) is 48.2 Å². The molecule has 4 aromatic rings. The van der Waals surface area contributed by atoms with Crippen LogP contribution in [0, 0.1) is 0 Å². The van der Waals surface area contributed by atoms with Gasteiger partial charge in [0.15, 0.2) is 0 Å². The quantitative estimate of drug-likeness (QED) is 0.167. The van der Waals surface area contributed by atoms with Gasteiger partial charge in [-0.25, -0.2) is 0 Å². The van der Waals surface area contributed by atoms with E-state index in [0.717, 1.165) is 20.5 Å². The Morgan fingerprint density at radius 2 is 0.971 bits per heavy atom. The predicted octanol–water partition coefficient (Wildman–Crippen LogP) is 8.80. The van der Waals surface area contributed by atoms with Crippen LogP contribution in [-0.4, -0.2) is 26.4 Å². The van der Waals surface area contributed by atoms with Crippen molar-refractivity contribution < 1.29 is 27.2 Å². The molecule has 0 spiro atoms. The molecule has 4 rings (SSSR count). The van der Waals surface area contributed by atoms with Crippen LogP contribution in [-0.2, 0) is 39.5 Å². The third-order valence-corrected chi connectivity index (χ3v) is 11.9. The Labute approximate surface area is 208 Å². The molecule has 0 N–H and O–H groups in total. The first-order valence-electron chi connectivity index (χ1n) is 11.5. The summed E-state index contributed by atoms with van der Waals surface area (Å²) in [5.41, 5.74) is 1.89. The molecule has 0 bridgehead atoms. The zero-order chi connectivity index (χ0) is 24.3. The van der Waals surface area contributed by atoms with Gasteiger partial charge in [-0.2, -0.15) is 0 Å². The van der Waals surface area contributed by atoms with E-state index in [0.29, 0.717) is 26.4 Å². The molecule has 0 radical (unpaired) electrons. The Hall–Kier alpha value is -1.08. The van der Waals surface area contributed by atoms with Crippen molar-refractivity contribution in [3.8, 4) is 0 Å². The van der Waals surface area contributed by atoms with E-state index in [2.05, 4.69) is 24.3 Å². The molecule has 184 valence electrons. The molecule has 0 saturated carbocycles. The van der Waals surface area contributed by atoms with Crippen molar-refractivity contribution in [3.05, 3.63) is 47.5 Å². The van der Waals surface area contributed by atoms with Crippen molar-refractivity contribution in [3.63, 3.8) is 0 Å². The van der Waals surface area contributed by atoms with Crippen molar-refractivity contribution in [2.24, 2.45) is 0 Å². The molecule has 34 heavy (non-hydrogen) atoms. The summed E-state index contributed by atoms with van der Waals surface area (Å²) in [6.07, 6.45) is 0.528. The maximum absolute atomic E-state index is 13.0. The van der Waals surface area contributed by atoms with Gasteiger partial charge >= 0.3 is 15.2 Å². The Morgan fingerprint density at radius 3 is 1.29 bits per heavy atom. The summed E-state index contributed by atoms with van der Waals surface area (Å²) >= 11 is 3.47. The van der Waals surface area contributed by atoms with Crippen LogP contribution in [0.5, 0.6) is 0 Å². The average Bonchev–Trinajstić information content (AvgIpc) is 3.29. The number of hydrogen-bond acceptors (Lipinski definition) is 8. The summed E-state index contributed by atoms with van der Waals surface area (Å²) in [6.45, 7) is 8.71. The Balaban J connectivity index is 1.67. The van der Waals surface area contributed by atoms with Gasteiger partial charge in [-0.3, -0.25) is 9.13 Å². The van der Waals surface area contributed by atoms with Crippen LogP contribution in [0.3, 0.4) is 0 Å². The lowest BCUT2D eigenvalue weighted by atomic mass is 10.1. The number of hydrogen-bond donors (Lipinski definition) is 0. The van der Waals surface area contributed by atoms with Crippen LogP contribution >= 0.6 is 37.9 Å². The largest absolute Gasteiger partial charge is 0.335 e. The van der Waals surface area contributed by atoms with Crippen LogP contribution in [0.4, 0.5) is 0 Å². The first kappa shape index (κ1) is 26.0. The van der Waals surface area contributed by atoms with Crippen LogP contribution < -0.4 is 0 Å². The van der Waals surface area contributed by atoms with Crippen molar-refractivity contribution >= 4 is 67.4 Å². The predicted molar refractivity (Wildman–Crippen MR) is 144 cm³/mol. The second-order valence-electron chi connectivity index (χ2n) is 7.73. The van der Waals surface area contributed by atoms with Crippen LogP contribution in [0.25, 0.3) is 29.6 Å². The van der Waals surface area contributed by atoms with Crippen molar-refractivity contribution in [1.29, 1.82) is 0 Å².